The largest absolute Gasteiger partial charge is 0.0636 e. The molecule has 0 aromatic heterocycles. The first-order valence-electron chi connectivity index (χ1n) is 22.6. The average Bonchev–Trinajstić information content (AvgIpc) is 3.27. The van der Waals surface area contributed by atoms with E-state index in [1.807, 2.05) is 36.4 Å². The predicted molar refractivity (Wildman–Crippen MR) is 198 cm³/mol. The van der Waals surface area contributed by atoms with Crippen molar-refractivity contribution in [2.45, 2.75) is 0 Å². The second-order valence-corrected chi connectivity index (χ2v) is 10.8. The van der Waals surface area contributed by atoms with Crippen LogP contribution in [0, 0.1) is 0 Å². The molecule has 214 valence electrons. The average molecular weight is 599 g/mol. The molecule has 0 N–H and O–H groups in total. The molecule has 9 aromatic rings. The number of hydrogen-bond donors (Lipinski definition) is 0. The monoisotopic (exact) mass is 598 g/mol. The molecule has 0 saturated carbocycles. The SMILES string of the molecule is [2H]c1c([2H])c([2H])c(-c2c([2H])c([2H])c3c(-c4cccc5ccccc45)c4c([2H])c([2H])c([2H])c([2H])c4c(-c4c([2H])c([2H])c(-c5ccc6ccccc6c5)c([2H])c4[2H])c3c2[2H])c([2H])c1[2H]. The van der Waals surface area contributed by atoms with E-state index < -0.39 is 113 Å². The van der Waals surface area contributed by atoms with Gasteiger partial charge in [0.1, 0.15) is 0 Å². The van der Waals surface area contributed by atoms with Crippen molar-refractivity contribution in [1.29, 1.82) is 0 Å². The Morgan fingerprint density at radius 3 is 1.76 bits per heavy atom. The molecule has 46 heavy (non-hydrogen) atoms. The zero-order valence-corrected chi connectivity index (χ0v) is 24.1. The van der Waals surface area contributed by atoms with Gasteiger partial charge in [-0.15, -0.1) is 0 Å². The molecule has 0 saturated heterocycles. The fourth-order valence-corrected chi connectivity index (χ4v) is 6.11. The molecule has 0 bridgehead atoms. The maximum absolute atomic E-state index is 9.96. The van der Waals surface area contributed by atoms with Crippen LogP contribution in [-0.4, -0.2) is 0 Å². The molecule has 0 fully saturated rings. The molecule has 0 amide bonds. The normalized spacial score (nSPS) is 16.3. The molecule has 0 aliphatic heterocycles. The topological polar surface area (TPSA) is 0 Å². The van der Waals surface area contributed by atoms with Gasteiger partial charge in [-0.05, 0) is 99.7 Å². The van der Waals surface area contributed by atoms with Crippen molar-refractivity contribution in [2.75, 3.05) is 0 Å². The van der Waals surface area contributed by atoms with Gasteiger partial charge in [-0.1, -0.05) is 169 Å². The Morgan fingerprint density at radius 2 is 0.935 bits per heavy atom. The van der Waals surface area contributed by atoms with Gasteiger partial charge in [0.2, 0.25) is 0 Å². The Labute approximate surface area is 291 Å². The number of hydrogen-bond acceptors (Lipinski definition) is 0. The van der Waals surface area contributed by atoms with Gasteiger partial charge in [-0.3, -0.25) is 0 Å². The van der Waals surface area contributed by atoms with Crippen LogP contribution >= 0.6 is 0 Å². The van der Waals surface area contributed by atoms with Crippen LogP contribution in [0.15, 0.2) is 182 Å². The highest BCUT2D eigenvalue weighted by molar-refractivity contribution is 6.24. The van der Waals surface area contributed by atoms with E-state index in [-0.39, 0.29) is 38.2 Å². The van der Waals surface area contributed by atoms with Gasteiger partial charge in [-0.2, -0.15) is 0 Å². The zero-order valence-electron chi connectivity index (χ0n) is 40.1. The lowest BCUT2D eigenvalue weighted by atomic mass is 9.83. The molecule has 9 aromatic carbocycles. The molecule has 0 aliphatic carbocycles. The van der Waals surface area contributed by atoms with Gasteiger partial charge < -0.3 is 0 Å². The number of fused-ring (bicyclic) bond motifs is 4. The fraction of sp³-hybridized carbons (Fsp3) is 0. The fourth-order valence-electron chi connectivity index (χ4n) is 6.11. The van der Waals surface area contributed by atoms with E-state index in [2.05, 4.69) is 0 Å². The van der Waals surface area contributed by atoms with Gasteiger partial charge in [0.05, 0.1) is 21.9 Å². The summed E-state index contributed by atoms with van der Waals surface area (Å²) < 4.78 is 146. The Morgan fingerprint density at radius 1 is 0.326 bits per heavy atom. The van der Waals surface area contributed by atoms with Crippen molar-refractivity contribution in [1.82, 2.24) is 0 Å². The first-order valence-corrected chi connectivity index (χ1v) is 14.6. The van der Waals surface area contributed by atoms with Crippen molar-refractivity contribution >= 4 is 43.1 Å². The molecule has 0 spiro atoms. The van der Waals surface area contributed by atoms with Gasteiger partial charge >= 0.3 is 0 Å². The van der Waals surface area contributed by atoms with Gasteiger partial charge in [0, 0.05) is 0 Å². The van der Waals surface area contributed by atoms with E-state index in [0.717, 1.165) is 10.8 Å². The summed E-state index contributed by atoms with van der Waals surface area (Å²) in [6.45, 7) is 0. The number of rotatable bonds is 4. The minimum absolute atomic E-state index is 0.0187. The van der Waals surface area contributed by atoms with Crippen LogP contribution < -0.4 is 0 Å². The lowest BCUT2D eigenvalue weighted by molar-refractivity contribution is 1.62. The van der Waals surface area contributed by atoms with Crippen molar-refractivity contribution in [2.24, 2.45) is 0 Å². The third-order valence-electron chi connectivity index (χ3n) is 8.22. The van der Waals surface area contributed by atoms with Crippen LogP contribution in [-0.2, 0) is 0 Å². The van der Waals surface area contributed by atoms with E-state index in [4.69, 9.17) is 9.60 Å². The van der Waals surface area contributed by atoms with Gasteiger partial charge in [0.15, 0.2) is 0 Å². The maximum atomic E-state index is 9.96. The van der Waals surface area contributed by atoms with Gasteiger partial charge in [0.25, 0.3) is 0 Å². The van der Waals surface area contributed by atoms with Crippen LogP contribution in [0.25, 0.3) is 87.6 Å². The summed E-state index contributed by atoms with van der Waals surface area (Å²) in [5, 5.41) is 1.91. The quantitative estimate of drug-likeness (QED) is 0.177. The van der Waals surface area contributed by atoms with Crippen LogP contribution in [0.4, 0.5) is 0 Å². The van der Waals surface area contributed by atoms with Crippen LogP contribution in [0.5, 0.6) is 0 Å². The molecule has 9 rings (SSSR count). The minimum atomic E-state index is -0.765. The Kier molecular flexibility index (Phi) is 3.51. The van der Waals surface area contributed by atoms with Crippen molar-refractivity contribution in [3.63, 3.8) is 0 Å². The summed E-state index contributed by atoms with van der Waals surface area (Å²) in [7, 11) is 0. The first kappa shape index (κ1) is 14.9. The van der Waals surface area contributed by atoms with Crippen molar-refractivity contribution < 1.29 is 21.9 Å². The molecule has 0 radical (unpaired) electrons. The van der Waals surface area contributed by atoms with Crippen molar-refractivity contribution in [3.8, 4) is 44.5 Å². The molecule has 0 atom stereocenters. The third kappa shape index (κ3) is 4.38. The summed E-state index contributed by atoms with van der Waals surface area (Å²) in [5.41, 5.74) is -1.29. The highest BCUT2D eigenvalue weighted by Crippen LogP contribution is 2.46. The second kappa shape index (κ2) is 10.9. The van der Waals surface area contributed by atoms with Crippen LogP contribution in [0.2, 0.25) is 0 Å². The van der Waals surface area contributed by atoms with E-state index in [1.165, 1.54) is 0 Å². The van der Waals surface area contributed by atoms with E-state index in [1.54, 1.807) is 48.5 Å². The molecule has 0 unspecified atom stereocenters. The summed E-state index contributed by atoms with van der Waals surface area (Å²) in [4.78, 5) is 0. The Hall–Kier alpha value is -5.98. The van der Waals surface area contributed by atoms with E-state index in [9.17, 15) is 12.3 Å². The second-order valence-electron chi connectivity index (χ2n) is 10.8. The van der Waals surface area contributed by atoms with Crippen molar-refractivity contribution in [3.05, 3.63) is 182 Å². The Bertz CT molecular complexity index is 3420. The summed E-state index contributed by atoms with van der Waals surface area (Å²) >= 11 is 0. The highest BCUT2D eigenvalue weighted by Gasteiger charge is 2.19. The summed E-state index contributed by atoms with van der Waals surface area (Å²) in [6, 6.07) is 14.2. The predicted octanol–water partition coefficient (Wildman–Crippen LogP) is 13.0. The molecule has 0 heteroatoms. The van der Waals surface area contributed by atoms with Crippen LogP contribution in [0.1, 0.15) is 21.9 Å². The minimum Gasteiger partial charge on any atom is -0.0622 e. The molecule has 0 nitrogen and oxygen atoms in total. The van der Waals surface area contributed by atoms with Crippen LogP contribution in [0.3, 0.4) is 0 Å². The van der Waals surface area contributed by atoms with E-state index in [0.29, 0.717) is 21.9 Å². The molecule has 0 heterocycles. The number of benzene rings is 9. The van der Waals surface area contributed by atoms with Gasteiger partial charge in [-0.25, -0.2) is 0 Å². The maximum Gasteiger partial charge on any atom is 0.0636 e. The lowest BCUT2D eigenvalue weighted by Crippen LogP contribution is -1.92. The molecule has 0 aliphatic rings. The third-order valence-corrected chi connectivity index (χ3v) is 8.22. The highest BCUT2D eigenvalue weighted by atomic mass is 14.2. The Balaban J connectivity index is 1.58. The molecular formula is C46H30. The zero-order chi connectivity index (χ0) is 44.4. The summed E-state index contributed by atoms with van der Waals surface area (Å²) in [5.74, 6) is 0. The smallest absolute Gasteiger partial charge is 0.0622 e. The lowest BCUT2D eigenvalue weighted by Gasteiger charge is -2.20. The summed E-state index contributed by atoms with van der Waals surface area (Å²) in [6.07, 6.45) is 0. The standard InChI is InChI=1S/C46H30/c1-2-11-31(12-3-1)38-27-28-43-44(30-38)45(35-24-21-33(22-25-35)37-26-23-32-13-4-5-15-36(32)29-37)41-18-8-9-19-42(41)46(43)40-20-10-16-34-14-6-7-17-39(34)40/h1-30H/i1D,2D,3D,8D,9D,11D,12D,18D,19D,21D,22D,24D,25D,27D,28D,30D. The molecular weight excluding hydrogens is 553 g/mol. The first-order chi connectivity index (χ1) is 29.5. The van der Waals surface area contributed by atoms with E-state index >= 15 is 0 Å².